The number of rotatable bonds is 0. The molecule has 2 aliphatic carbocycles. The van der Waals surface area contributed by atoms with Crippen molar-refractivity contribution in [3.63, 3.8) is 0 Å². The molecular weight excluding hydrogens is 156 g/mol. The Morgan fingerprint density at radius 3 is 3.15 bits per heavy atom. The van der Waals surface area contributed by atoms with Crippen molar-refractivity contribution >= 4 is 0 Å². The molecule has 0 bridgehead atoms. The molecule has 0 saturated carbocycles. The maximum atomic E-state index is 2.38. The van der Waals surface area contributed by atoms with Gasteiger partial charge in [-0.25, -0.2) is 0 Å². The molecule has 0 amide bonds. The third kappa shape index (κ3) is 0.979. The van der Waals surface area contributed by atoms with Gasteiger partial charge in [-0.05, 0) is 54.2 Å². The van der Waals surface area contributed by atoms with E-state index in [9.17, 15) is 0 Å². The topological polar surface area (TPSA) is 0 Å². The average molecular weight is 172 g/mol. The van der Waals surface area contributed by atoms with E-state index in [2.05, 4.69) is 25.1 Å². The van der Waals surface area contributed by atoms with Crippen LogP contribution in [0.2, 0.25) is 0 Å². The van der Waals surface area contributed by atoms with Crippen LogP contribution in [0.4, 0.5) is 0 Å². The van der Waals surface area contributed by atoms with Gasteiger partial charge in [0.2, 0.25) is 0 Å². The first-order chi connectivity index (χ1) is 6.36. The van der Waals surface area contributed by atoms with E-state index in [0.29, 0.717) is 0 Å². The van der Waals surface area contributed by atoms with E-state index in [1.807, 2.05) is 0 Å². The molecule has 1 aromatic carbocycles. The molecule has 2 atom stereocenters. The Labute approximate surface area is 80.0 Å². The summed E-state index contributed by atoms with van der Waals surface area (Å²) < 4.78 is 0. The number of hydrogen-bond donors (Lipinski definition) is 0. The number of hydrogen-bond acceptors (Lipinski definition) is 0. The lowest BCUT2D eigenvalue weighted by atomic mass is 9.84. The van der Waals surface area contributed by atoms with Crippen molar-refractivity contribution < 1.29 is 0 Å². The van der Waals surface area contributed by atoms with Crippen LogP contribution in [0.5, 0.6) is 0 Å². The van der Waals surface area contributed by atoms with Crippen molar-refractivity contribution in [2.75, 3.05) is 0 Å². The molecule has 0 spiro atoms. The zero-order chi connectivity index (χ0) is 8.84. The summed E-state index contributed by atoms with van der Waals surface area (Å²) in [6, 6.07) is 6.93. The monoisotopic (exact) mass is 172 g/mol. The van der Waals surface area contributed by atoms with Gasteiger partial charge < -0.3 is 0 Å². The third-order valence-corrected chi connectivity index (χ3v) is 3.81. The molecular formula is C13H16. The van der Waals surface area contributed by atoms with E-state index in [1.54, 1.807) is 16.7 Å². The molecule has 0 aliphatic heterocycles. The Morgan fingerprint density at radius 2 is 2.23 bits per heavy atom. The van der Waals surface area contributed by atoms with E-state index in [1.165, 1.54) is 25.7 Å². The minimum absolute atomic E-state index is 0.818. The van der Waals surface area contributed by atoms with Gasteiger partial charge in [-0.3, -0.25) is 0 Å². The fourth-order valence-corrected chi connectivity index (χ4v) is 3.25. The standard InChI is InChI=1S/C13H16/c1-9-8-11-6-2-4-10-5-3-7-12(9)13(10)11/h3,5,7,9,11H,2,4,6,8H2,1H3. The molecule has 0 saturated heterocycles. The minimum atomic E-state index is 0.818. The first-order valence-electron chi connectivity index (χ1n) is 5.48. The second-order valence-electron chi connectivity index (χ2n) is 4.65. The molecule has 0 fully saturated rings. The van der Waals surface area contributed by atoms with Crippen LogP contribution >= 0.6 is 0 Å². The first kappa shape index (κ1) is 7.61. The van der Waals surface area contributed by atoms with Gasteiger partial charge in [0.05, 0.1) is 0 Å². The molecule has 3 rings (SSSR count). The highest BCUT2D eigenvalue weighted by molar-refractivity contribution is 5.45. The Bertz CT molecular complexity index is 338. The number of benzene rings is 1. The molecule has 0 radical (unpaired) electrons. The van der Waals surface area contributed by atoms with Gasteiger partial charge >= 0.3 is 0 Å². The quantitative estimate of drug-likeness (QED) is 0.560. The fraction of sp³-hybridized carbons (Fsp3) is 0.538. The van der Waals surface area contributed by atoms with Crippen molar-refractivity contribution in [1.82, 2.24) is 0 Å². The van der Waals surface area contributed by atoms with Crippen LogP contribution in [0, 0.1) is 0 Å². The van der Waals surface area contributed by atoms with Crippen LogP contribution in [0.25, 0.3) is 0 Å². The van der Waals surface area contributed by atoms with Crippen molar-refractivity contribution in [3.05, 3.63) is 34.9 Å². The Kier molecular flexibility index (Phi) is 1.52. The van der Waals surface area contributed by atoms with Crippen LogP contribution in [-0.2, 0) is 6.42 Å². The van der Waals surface area contributed by atoms with E-state index in [4.69, 9.17) is 0 Å². The minimum Gasteiger partial charge on any atom is -0.0617 e. The summed E-state index contributed by atoms with van der Waals surface area (Å²) in [6.07, 6.45) is 5.58. The Morgan fingerprint density at radius 1 is 1.31 bits per heavy atom. The van der Waals surface area contributed by atoms with E-state index < -0.39 is 0 Å². The fourth-order valence-electron chi connectivity index (χ4n) is 3.25. The van der Waals surface area contributed by atoms with Gasteiger partial charge in [0.1, 0.15) is 0 Å². The summed E-state index contributed by atoms with van der Waals surface area (Å²) in [7, 11) is 0. The largest absolute Gasteiger partial charge is 0.0617 e. The summed E-state index contributed by atoms with van der Waals surface area (Å²) in [6.45, 7) is 2.38. The average Bonchev–Trinajstić information content (AvgIpc) is 2.47. The van der Waals surface area contributed by atoms with Crippen LogP contribution < -0.4 is 0 Å². The Balaban J connectivity index is 2.22. The summed E-state index contributed by atoms with van der Waals surface area (Å²) in [5.74, 6) is 1.73. The van der Waals surface area contributed by atoms with Crippen molar-refractivity contribution in [2.24, 2.45) is 0 Å². The highest BCUT2D eigenvalue weighted by Crippen LogP contribution is 2.47. The Hall–Kier alpha value is -0.780. The summed E-state index contributed by atoms with van der Waals surface area (Å²) in [5.41, 5.74) is 5.04. The highest BCUT2D eigenvalue weighted by atomic mass is 14.4. The van der Waals surface area contributed by atoms with E-state index >= 15 is 0 Å². The maximum Gasteiger partial charge on any atom is -0.0151 e. The SMILES string of the molecule is CC1CC2CCCc3cccc1c32. The smallest absolute Gasteiger partial charge is 0.0151 e. The normalized spacial score (nSPS) is 30.2. The zero-order valence-electron chi connectivity index (χ0n) is 8.22. The van der Waals surface area contributed by atoms with Crippen LogP contribution in [0.15, 0.2) is 18.2 Å². The van der Waals surface area contributed by atoms with E-state index in [0.717, 1.165) is 11.8 Å². The second kappa shape index (κ2) is 2.60. The first-order valence-corrected chi connectivity index (χ1v) is 5.48. The van der Waals surface area contributed by atoms with Gasteiger partial charge in [0, 0.05) is 0 Å². The van der Waals surface area contributed by atoms with Crippen molar-refractivity contribution in [2.45, 2.75) is 44.4 Å². The van der Waals surface area contributed by atoms with Crippen LogP contribution in [-0.4, -0.2) is 0 Å². The van der Waals surface area contributed by atoms with E-state index in [-0.39, 0.29) is 0 Å². The van der Waals surface area contributed by atoms with Gasteiger partial charge in [-0.2, -0.15) is 0 Å². The van der Waals surface area contributed by atoms with Crippen molar-refractivity contribution in [3.8, 4) is 0 Å². The molecule has 1 aromatic rings. The highest BCUT2D eigenvalue weighted by Gasteiger charge is 2.31. The molecule has 0 heteroatoms. The summed E-state index contributed by atoms with van der Waals surface area (Å²) >= 11 is 0. The molecule has 13 heavy (non-hydrogen) atoms. The van der Waals surface area contributed by atoms with Gasteiger partial charge in [-0.15, -0.1) is 0 Å². The van der Waals surface area contributed by atoms with Crippen LogP contribution in [0.1, 0.15) is 54.7 Å². The predicted octanol–water partition coefficient (Wildman–Crippen LogP) is 3.61. The molecule has 2 aliphatic rings. The predicted molar refractivity (Wildman–Crippen MR) is 55.2 cm³/mol. The summed E-state index contributed by atoms with van der Waals surface area (Å²) in [4.78, 5) is 0. The van der Waals surface area contributed by atoms with Gasteiger partial charge in [0.25, 0.3) is 0 Å². The lowest BCUT2D eigenvalue weighted by molar-refractivity contribution is 0.531. The van der Waals surface area contributed by atoms with Gasteiger partial charge in [-0.1, -0.05) is 25.1 Å². The van der Waals surface area contributed by atoms with Crippen molar-refractivity contribution in [1.29, 1.82) is 0 Å². The maximum absolute atomic E-state index is 2.38. The molecule has 0 nitrogen and oxygen atoms in total. The molecule has 68 valence electrons. The number of aryl methyl sites for hydroxylation is 1. The summed E-state index contributed by atoms with van der Waals surface area (Å²) in [5, 5.41) is 0. The zero-order valence-corrected chi connectivity index (χ0v) is 8.22. The molecule has 0 heterocycles. The molecule has 0 aromatic heterocycles. The third-order valence-electron chi connectivity index (χ3n) is 3.81. The van der Waals surface area contributed by atoms with Crippen LogP contribution in [0.3, 0.4) is 0 Å². The second-order valence-corrected chi connectivity index (χ2v) is 4.65. The lowest BCUT2D eigenvalue weighted by Gasteiger charge is -2.21. The van der Waals surface area contributed by atoms with Gasteiger partial charge in [0.15, 0.2) is 0 Å². The lowest BCUT2D eigenvalue weighted by Crippen LogP contribution is -2.05. The molecule has 2 unspecified atom stereocenters. The molecule has 0 N–H and O–H groups in total.